The Bertz CT molecular complexity index is 631. The second kappa shape index (κ2) is 7.37. The van der Waals surface area contributed by atoms with Gasteiger partial charge in [-0.2, -0.15) is 0 Å². The summed E-state index contributed by atoms with van der Waals surface area (Å²) in [5, 5.41) is 5.02. The van der Waals surface area contributed by atoms with E-state index in [1.165, 1.54) is 0 Å². The third-order valence-electron chi connectivity index (χ3n) is 3.17. The number of halogens is 3. The van der Waals surface area contributed by atoms with Crippen LogP contribution in [0.2, 0.25) is 15.1 Å². The van der Waals surface area contributed by atoms with Gasteiger partial charge in [0.15, 0.2) is 0 Å². The highest BCUT2D eigenvalue weighted by atomic mass is 35.5. The van der Waals surface area contributed by atoms with Crippen LogP contribution >= 0.6 is 34.8 Å². The molecular formula is C16H16Cl3NO. The normalized spacial score (nSPS) is 12.2. The molecule has 0 radical (unpaired) electrons. The zero-order chi connectivity index (χ0) is 15.4. The van der Waals surface area contributed by atoms with Crippen LogP contribution in [0.25, 0.3) is 0 Å². The standard InChI is InChI=1S/C16H16Cl3NO/c1-3-21-15-9-13(18)11(8-14(15)19)16(20-2)10-6-4-5-7-12(10)17/h4-9,16,20H,3H2,1-2H3. The van der Waals surface area contributed by atoms with E-state index in [9.17, 15) is 0 Å². The van der Waals surface area contributed by atoms with E-state index in [1.807, 2.05) is 44.3 Å². The molecule has 21 heavy (non-hydrogen) atoms. The lowest BCUT2D eigenvalue weighted by atomic mass is 9.98. The molecular weight excluding hydrogens is 329 g/mol. The largest absolute Gasteiger partial charge is 0.492 e. The molecule has 1 N–H and O–H groups in total. The number of benzene rings is 2. The maximum atomic E-state index is 6.39. The molecule has 0 heterocycles. The van der Waals surface area contributed by atoms with Gasteiger partial charge in [-0.3, -0.25) is 0 Å². The van der Waals surface area contributed by atoms with E-state index in [2.05, 4.69) is 5.32 Å². The van der Waals surface area contributed by atoms with Crippen molar-refractivity contribution in [2.24, 2.45) is 0 Å². The average molecular weight is 345 g/mol. The van der Waals surface area contributed by atoms with Gasteiger partial charge < -0.3 is 10.1 Å². The fourth-order valence-electron chi connectivity index (χ4n) is 2.22. The Labute approximate surface area is 140 Å². The van der Waals surface area contributed by atoms with E-state index in [1.54, 1.807) is 6.07 Å². The predicted molar refractivity (Wildman–Crippen MR) is 90.0 cm³/mol. The highest BCUT2D eigenvalue weighted by Crippen LogP contribution is 2.37. The minimum atomic E-state index is -0.139. The molecule has 0 aliphatic carbocycles. The van der Waals surface area contributed by atoms with Crippen molar-refractivity contribution < 1.29 is 4.74 Å². The monoisotopic (exact) mass is 343 g/mol. The van der Waals surface area contributed by atoms with Gasteiger partial charge in [-0.25, -0.2) is 0 Å². The zero-order valence-electron chi connectivity index (χ0n) is 11.8. The summed E-state index contributed by atoms with van der Waals surface area (Å²) in [6.07, 6.45) is 0. The van der Waals surface area contributed by atoms with E-state index in [-0.39, 0.29) is 6.04 Å². The van der Waals surface area contributed by atoms with Crippen molar-refractivity contribution in [3.63, 3.8) is 0 Å². The molecule has 5 heteroatoms. The van der Waals surface area contributed by atoms with Crippen LogP contribution in [-0.2, 0) is 0 Å². The molecule has 2 nitrogen and oxygen atoms in total. The van der Waals surface area contributed by atoms with Crippen LogP contribution in [0.1, 0.15) is 24.1 Å². The SMILES string of the molecule is CCOc1cc(Cl)c(C(NC)c2ccccc2Cl)cc1Cl. The van der Waals surface area contributed by atoms with E-state index in [0.717, 1.165) is 11.1 Å². The predicted octanol–water partition coefficient (Wildman–Crippen LogP) is 5.35. The summed E-state index contributed by atoms with van der Waals surface area (Å²) in [5.41, 5.74) is 1.81. The van der Waals surface area contributed by atoms with Gasteiger partial charge in [0, 0.05) is 16.1 Å². The number of nitrogens with one attached hydrogen (secondary N) is 1. The molecule has 0 aromatic heterocycles. The molecule has 1 atom stereocenters. The van der Waals surface area contributed by atoms with Gasteiger partial charge in [0.05, 0.1) is 17.7 Å². The third kappa shape index (κ3) is 3.64. The van der Waals surface area contributed by atoms with Gasteiger partial charge in [0.1, 0.15) is 5.75 Å². The quantitative estimate of drug-likeness (QED) is 0.789. The van der Waals surface area contributed by atoms with Crippen molar-refractivity contribution in [1.82, 2.24) is 5.32 Å². The summed E-state index contributed by atoms with van der Waals surface area (Å²) in [5.74, 6) is 0.585. The Kier molecular flexibility index (Phi) is 5.77. The minimum absolute atomic E-state index is 0.139. The fraction of sp³-hybridized carbons (Fsp3) is 0.250. The number of rotatable bonds is 5. The van der Waals surface area contributed by atoms with E-state index in [4.69, 9.17) is 39.5 Å². The van der Waals surface area contributed by atoms with Crippen LogP contribution in [0.5, 0.6) is 5.75 Å². The van der Waals surface area contributed by atoms with Crippen molar-refractivity contribution in [2.75, 3.05) is 13.7 Å². The summed E-state index contributed by atoms with van der Waals surface area (Å²) in [6, 6.07) is 11.1. The Morgan fingerprint density at radius 1 is 1.00 bits per heavy atom. The molecule has 112 valence electrons. The van der Waals surface area contributed by atoms with Crippen LogP contribution in [0.15, 0.2) is 36.4 Å². The molecule has 2 aromatic carbocycles. The first-order chi connectivity index (χ1) is 10.1. The lowest BCUT2D eigenvalue weighted by molar-refractivity contribution is 0.340. The molecule has 0 amide bonds. The number of hydrogen-bond donors (Lipinski definition) is 1. The Morgan fingerprint density at radius 3 is 2.33 bits per heavy atom. The lowest BCUT2D eigenvalue weighted by Crippen LogP contribution is -2.18. The first-order valence-corrected chi connectivity index (χ1v) is 7.75. The van der Waals surface area contributed by atoms with Crippen LogP contribution in [0.4, 0.5) is 0 Å². The maximum Gasteiger partial charge on any atom is 0.139 e. The van der Waals surface area contributed by atoms with Crippen molar-refractivity contribution in [1.29, 1.82) is 0 Å². The highest BCUT2D eigenvalue weighted by molar-refractivity contribution is 6.35. The first kappa shape index (κ1) is 16.4. The summed E-state index contributed by atoms with van der Waals surface area (Å²) < 4.78 is 5.45. The van der Waals surface area contributed by atoms with Gasteiger partial charge in [-0.15, -0.1) is 0 Å². The van der Waals surface area contributed by atoms with Crippen LogP contribution in [0, 0.1) is 0 Å². The van der Waals surface area contributed by atoms with Gasteiger partial charge in [0.2, 0.25) is 0 Å². The van der Waals surface area contributed by atoms with Crippen LogP contribution in [0.3, 0.4) is 0 Å². The lowest BCUT2D eigenvalue weighted by Gasteiger charge is -2.21. The molecule has 0 aliphatic rings. The molecule has 2 rings (SSSR count). The molecule has 0 fully saturated rings. The Hall–Kier alpha value is -0.930. The van der Waals surface area contributed by atoms with Crippen molar-refractivity contribution in [2.45, 2.75) is 13.0 Å². The van der Waals surface area contributed by atoms with E-state index >= 15 is 0 Å². The zero-order valence-corrected chi connectivity index (χ0v) is 14.1. The van der Waals surface area contributed by atoms with E-state index < -0.39 is 0 Å². The molecule has 0 saturated carbocycles. The second-order valence-corrected chi connectivity index (χ2v) is 5.70. The van der Waals surface area contributed by atoms with Gasteiger partial charge in [0.25, 0.3) is 0 Å². The van der Waals surface area contributed by atoms with E-state index in [0.29, 0.717) is 27.4 Å². The summed E-state index contributed by atoms with van der Waals surface area (Å²) in [6.45, 7) is 2.44. The summed E-state index contributed by atoms with van der Waals surface area (Å²) in [4.78, 5) is 0. The van der Waals surface area contributed by atoms with Crippen LogP contribution in [-0.4, -0.2) is 13.7 Å². The van der Waals surface area contributed by atoms with Gasteiger partial charge in [-0.1, -0.05) is 53.0 Å². The van der Waals surface area contributed by atoms with Gasteiger partial charge >= 0.3 is 0 Å². The number of ether oxygens (including phenoxy) is 1. The highest BCUT2D eigenvalue weighted by Gasteiger charge is 2.19. The topological polar surface area (TPSA) is 21.3 Å². The van der Waals surface area contributed by atoms with Crippen molar-refractivity contribution in [3.05, 3.63) is 62.6 Å². The molecule has 1 unspecified atom stereocenters. The van der Waals surface area contributed by atoms with Crippen LogP contribution < -0.4 is 10.1 Å². The first-order valence-electron chi connectivity index (χ1n) is 6.61. The number of hydrogen-bond acceptors (Lipinski definition) is 2. The summed E-state index contributed by atoms with van der Waals surface area (Å²) in [7, 11) is 1.86. The smallest absolute Gasteiger partial charge is 0.139 e. The average Bonchev–Trinajstić information content (AvgIpc) is 2.46. The molecule has 2 aromatic rings. The fourth-order valence-corrected chi connectivity index (χ4v) is 2.95. The second-order valence-electron chi connectivity index (χ2n) is 4.48. The van der Waals surface area contributed by atoms with Crippen molar-refractivity contribution >= 4 is 34.8 Å². The Morgan fingerprint density at radius 2 is 1.71 bits per heavy atom. The van der Waals surface area contributed by atoms with Gasteiger partial charge in [-0.05, 0) is 37.2 Å². The third-order valence-corrected chi connectivity index (χ3v) is 4.13. The molecule has 0 saturated heterocycles. The maximum absolute atomic E-state index is 6.39. The molecule has 0 bridgehead atoms. The molecule has 0 spiro atoms. The minimum Gasteiger partial charge on any atom is -0.492 e. The van der Waals surface area contributed by atoms with Crippen molar-refractivity contribution in [3.8, 4) is 5.75 Å². The Balaban J connectivity index is 2.48. The molecule has 0 aliphatic heterocycles. The summed E-state index contributed by atoms with van der Waals surface area (Å²) >= 11 is 18.9.